The second-order valence-electron chi connectivity index (χ2n) is 4.73. The largest absolute Gasteiger partial charge is 0.376 e. The van der Waals surface area contributed by atoms with Gasteiger partial charge in [-0.25, -0.2) is 0 Å². The van der Waals surface area contributed by atoms with Crippen molar-refractivity contribution < 1.29 is 14.3 Å². The van der Waals surface area contributed by atoms with Gasteiger partial charge in [0.2, 0.25) is 11.8 Å². The molecule has 2 amide bonds. The Morgan fingerprint density at radius 2 is 2.06 bits per heavy atom. The standard InChI is InChI=1S/C13H24N2O3/c1-11(16)14-8-4-2-3-7-13(17)15-10-12-6-5-9-18-12/h12H,2-10H2,1H3,(H,14,16)(H,15,17). The van der Waals surface area contributed by atoms with Crippen LogP contribution in [0.15, 0.2) is 0 Å². The van der Waals surface area contributed by atoms with Crippen molar-refractivity contribution in [1.29, 1.82) is 0 Å². The van der Waals surface area contributed by atoms with Crippen LogP contribution in [0.3, 0.4) is 0 Å². The Hall–Kier alpha value is -1.10. The average Bonchev–Trinajstić information content (AvgIpc) is 2.83. The van der Waals surface area contributed by atoms with Crippen LogP contribution in [0.25, 0.3) is 0 Å². The molecule has 1 heterocycles. The van der Waals surface area contributed by atoms with Gasteiger partial charge in [0.15, 0.2) is 0 Å². The Morgan fingerprint density at radius 1 is 1.22 bits per heavy atom. The van der Waals surface area contributed by atoms with E-state index < -0.39 is 0 Å². The molecule has 2 N–H and O–H groups in total. The molecule has 18 heavy (non-hydrogen) atoms. The van der Waals surface area contributed by atoms with Gasteiger partial charge >= 0.3 is 0 Å². The first-order chi connectivity index (χ1) is 8.68. The predicted molar refractivity (Wildman–Crippen MR) is 69.1 cm³/mol. The number of ether oxygens (including phenoxy) is 1. The molecule has 0 aromatic carbocycles. The van der Waals surface area contributed by atoms with E-state index in [2.05, 4.69) is 10.6 Å². The summed E-state index contributed by atoms with van der Waals surface area (Å²) in [6.45, 7) is 3.68. The molecule has 104 valence electrons. The molecule has 1 saturated heterocycles. The Morgan fingerprint density at radius 3 is 2.72 bits per heavy atom. The van der Waals surface area contributed by atoms with Crippen LogP contribution >= 0.6 is 0 Å². The fraction of sp³-hybridized carbons (Fsp3) is 0.846. The van der Waals surface area contributed by atoms with Gasteiger partial charge in [-0.15, -0.1) is 0 Å². The van der Waals surface area contributed by atoms with Gasteiger partial charge in [-0.3, -0.25) is 9.59 Å². The van der Waals surface area contributed by atoms with Crippen LogP contribution in [0.2, 0.25) is 0 Å². The van der Waals surface area contributed by atoms with Crippen LogP contribution in [0, 0.1) is 0 Å². The lowest BCUT2D eigenvalue weighted by molar-refractivity contribution is -0.122. The summed E-state index contributed by atoms with van der Waals surface area (Å²) in [4.78, 5) is 22.1. The molecule has 5 heteroatoms. The zero-order valence-corrected chi connectivity index (χ0v) is 11.2. The van der Waals surface area contributed by atoms with Gasteiger partial charge in [0.05, 0.1) is 6.10 Å². The molecule has 0 radical (unpaired) electrons. The summed E-state index contributed by atoms with van der Waals surface area (Å²) >= 11 is 0. The van der Waals surface area contributed by atoms with Crippen LogP contribution in [0.1, 0.15) is 45.4 Å². The minimum absolute atomic E-state index is 0.00399. The zero-order chi connectivity index (χ0) is 13.2. The van der Waals surface area contributed by atoms with Gasteiger partial charge in [0, 0.05) is 33.0 Å². The van der Waals surface area contributed by atoms with Crippen molar-refractivity contribution in [1.82, 2.24) is 10.6 Å². The average molecular weight is 256 g/mol. The predicted octanol–water partition coefficient (Wildman–Crippen LogP) is 0.978. The fourth-order valence-corrected chi connectivity index (χ4v) is 1.97. The molecular formula is C13H24N2O3. The summed E-state index contributed by atoms with van der Waals surface area (Å²) in [5.74, 6) is 0.106. The number of rotatable bonds is 8. The number of unbranched alkanes of at least 4 members (excludes halogenated alkanes) is 2. The van der Waals surface area contributed by atoms with E-state index in [0.29, 0.717) is 19.5 Å². The maximum absolute atomic E-state index is 11.5. The highest BCUT2D eigenvalue weighted by molar-refractivity contribution is 5.75. The molecule has 0 aromatic rings. The van der Waals surface area contributed by atoms with E-state index in [-0.39, 0.29) is 17.9 Å². The summed E-state index contributed by atoms with van der Waals surface area (Å²) in [6.07, 6.45) is 5.70. The molecule has 1 fully saturated rings. The molecule has 0 bridgehead atoms. The zero-order valence-electron chi connectivity index (χ0n) is 11.2. The first-order valence-corrected chi connectivity index (χ1v) is 6.81. The van der Waals surface area contributed by atoms with Gasteiger partial charge < -0.3 is 15.4 Å². The van der Waals surface area contributed by atoms with Crippen molar-refractivity contribution in [2.45, 2.75) is 51.6 Å². The summed E-state index contributed by atoms with van der Waals surface area (Å²) in [7, 11) is 0. The van der Waals surface area contributed by atoms with Crippen molar-refractivity contribution in [2.75, 3.05) is 19.7 Å². The maximum Gasteiger partial charge on any atom is 0.220 e. The van der Waals surface area contributed by atoms with E-state index in [0.717, 1.165) is 38.7 Å². The third kappa shape index (κ3) is 7.27. The van der Waals surface area contributed by atoms with E-state index in [1.807, 2.05) is 0 Å². The molecule has 1 atom stereocenters. The first kappa shape index (κ1) is 15.0. The third-order valence-corrected chi connectivity index (χ3v) is 3.01. The molecule has 5 nitrogen and oxygen atoms in total. The van der Waals surface area contributed by atoms with E-state index in [4.69, 9.17) is 4.74 Å². The first-order valence-electron chi connectivity index (χ1n) is 6.81. The molecule has 0 aromatic heterocycles. The molecule has 1 aliphatic rings. The Balaban J connectivity index is 1.88. The van der Waals surface area contributed by atoms with Crippen LogP contribution < -0.4 is 10.6 Å². The lowest BCUT2D eigenvalue weighted by Gasteiger charge is -2.10. The highest BCUT2D eigenvalue weighted by atomic mass is 16.5. The van der Waals surface area contributed by atoms with Crippen molar-refractivity contribution in [3.63, 3.8) is 0 Å². The van der Waals surface area contributed by atoms with Gasteiger partial charge in [-0.1, -0.05) is 6.42 Å². The number of hydrogen-bond donors (Lipinski definition) is 2. The van der Waals surface area contributed by atoms with Crippen LogP contribution in [0.5, 0.6) is 0 Å². The Labute approximate surface area is 109 Å². The van der Waals surface area contributed by atoms with Crippen LogP contribution in [0.4, 0.5) is 0 Å². The molecule has 1 unspecified atom stereocenters. The number of amides is 2. The summed E-state index contributed by atoms with van der Waals surface area (Å²) in [6, 6.07) is 0. The van der Waals surface area contributed by atoms with E-state index in [1.54, 1.807) is 0 Å². The second kappa shape index (κ2) is 8.91. The van der Waals surface area contributed by atoms with Crippen molar-refractivity contribution in [3.8, 4) is 0 Å². The van der Waals surface area contributed by atoms with E-state index in [9.17, 15) is 9.59 Å². The fourth-order valence-electron chi connectivity index (χ4n) is 1.97. The summed E-state index contributed by atoms with van der Waals surface area (Å²) in [5.41, 5.74) is 0. The van der Waals surface area contributed by atoms with Gasteiger partial charge in [-0.2, -0.15) is 0 Å². The number of hydrogen-bond acceptors (Lipinski definition) is 3. The monoisotopic (exact) mass is 256 g/mol. The quantitative estimate of drug-likeness (QED) is 0.636. The van der Waals surface area contributed by atoms with Crippen molar-refractivity contribution in [2.24, 2.45) is 0 Å². The SMILES string of the molecule is CC(=O)NCCCCCC(=O)NCC1CCCO1. The molecule has 0 aliphatic carbocycles. The number of carbonyl (C=O) groups is 2. The highest BCUT2D eigenvalue weighted by Crippen LogP contribution is 2.10. The maximum atomic E-state index is 11.5. The number of nitrogens with one attached hydrogen (secondary N) is 2. The van der Waals surface area contributed by atoms with Gasteiger partial charge in [-0.05, 0) is 25.7 Å². The van der Waals surface area contributed by atoms with Crippen LogP contribution in [-0.4, -0.2) is 37.6 Å². The van der Waals surface area contributed by atoms with Gasteiger partial charge in [0.1, 0.15) is 0 Å². The van der Waals surface area contributed by atoms with Crippen LogP contribution in [-0.2, 0) is 14.3 Å². The van der Waals surface area contributed by atoms with Crippen molar-refractivity contribution >= 4 is 11.8 Å². The molecule has 1 aliphatic heterocycles. The minimum Gasteiger partial charge on any atom is -0.376 e. The normalized spacial score (nSPS) is 18.6. The summed E-state index contributed by atoms with van der Waals surface area (Å²) < 4.78 is 5.43. The second-order valence-corrected chi connectivity index (χ2v) is 4.73. The Bertz CT molecular complexity index is 263. The van der Waals surface area contributed by atoms with Crippen molar-refractivity contribution in [3.05, 3.63) is 0 Å². The lowest BCUT2D eigenvalue weighted by Crippen LogP contribution is -2.31. The third-order valence-electron chi connectivity index (χ3n) is 3.01. The van der Waals surface area contributed by atoms with Gasteiger partial charge in [0.25, 0.3) is 0 Å². The van der Waals surface area contributed by atoms with E-state index in [1.165, 1.54) is 6.92 Å². The molecule has 1 rings (SSSR count). The highest BCUT2D eigenvalue weighted by Gasteiger charge is 2.15. The molecular weight excluding hydrogens is 232 g/mol. The molecule has 0 saturated carbocycles. The minimum atomic E-state index is 0.00399. The summed E-state index contributed by atoms with van der Waals surface area (Å²) in [5, 5.41) is 5.64. The molecule has 0 spiro atoms. The number of carbonyl (C=O) groups excluding carboxylic acids is 2. The lowest BCUT2D eigenvalue weighted by atomic mass is 10.2. The van der Waals surface area contributed by atoms with E-state index >= 15 is 0 Å². The topological polar surface area (TPSA) is 67.4 Å². The Kier molecular flexibility index (Phi) is 7.41. The smallest absolute Gasteiger partial charge is 0.220 e.